The molecule has 0 saturated heterocycles. The third-order valence-corrected chi connectivity index (χ3v) is 2.54. The van der Waals surface area contributed by atoms with Gasteiger partial charge in [-0.1, -0.05) is 12.1 Å². The second-order valence-corrected chi connectivity index (χ2v) is 4.03. The van der Waals surface area contributed by atoms with E-state index in [1.807, 2.05) is 0 Å². The Bertz CT molecular complexity index is 632. The van der Waals surface area contributed by atoms with Gasteiger partial charge in [-0.2, -0.15) is 0 Å². The molecule has 0 aliphatic carbocycles. The van der Waals surface area contributed by atoms with Crippen molar-refractivity contribution in [1.29, 1.82) is 0 Å². The van der Waals surface area contributed by atoms with E-state index in [2.05, 4.69) is 0 Å². The molecule has 0 radical (unpaired) electrons. The van der Waals surface area contributed by atoms with Gasteiger partial charge in [-0.25, -0.2) is 13.6 Å². The summed E-state index contributed by atoms with van der Waals surface area (Å²) in [4.78, 5) is 10.6. The molecule has 0 unspecified atom stereocenters. The number of hydrogen-bond acceptors (Lipinski definition) is 3. The fraction of sp³-hybridized carbons (Fsp3) is 0.0714. The summed E-state index contributed by atoms with van der Waals surface area (Å²) < 4.78 is 32.1. The molecule has 0 bridgehead atoms. The number of hydrogen-bond donors (Lipinski definition) is 2. The maximum absolute atomic E-state index is 13.6. The number of rotatable bonds is 4. The summed E-state index contributed by atoms with van der Waals surface area (Å²) in [7, 11) is 0. The van der Waals surface area contributed by atoms with E-state index in [1.54, 1.807) is 12.1 Å². The Labute approximate surface area is 112 Å². The van der Waals surface area contributed by atoms with Crippen LogP contribution >= 0.6 is 0 Å². The Hall–Kier alpha value is -2.63. The first-order valence-electron chi connectivity index (χ1n) is 5.60. The normalized spacial score (nSPS) is 10.3. The average molecular weight is 280 g/mol. The maximum Gasteiger partial charge on any atom is 0.335 e. The molecule has 0 spiro atoms. The average Bonchev–Trinajstić information content (AvgIpc) is 2.37. The van der Waals surface area contributed by atoms with Crippen molar-refractivity contribution < 1.29 is 28.5 Å². The van der Waals surface area contributed by atoms with Crippen LogP contribution in [0.1, 0.15) is 15.9 Å². The molecule has 0 aliphatic rings. The van der Waals surface area contributed by atoms with Crippen molar-refractivity contribution in [3.05, 3.63) is 59.2 Å². The summed E-state index contributed by atoms with van der Waals surface area (Å²) in [6.45, 7) is -0.158. The molecule has 4 nitrogen and oxygen atoms in total. The predicted octanol–water partition coefficient (Wildman–Crippen LogP) is 2.95. The number of halogens is 2. The standard InChI is InChI=1S/C14H10F2O4/c15-11-5-9(14(18)19)6-12(16)13(11)20-7-8-2-1-3-10(17)4-8/h1-6,17H,7H2,(H,18,19). The minimum absolute atomic E-state index is 0.00766. The van der Waals surface area contributed by atoms with E-state index in [9.17, 15) is 18.7 Å². The molecule has 0 saturated carbocycles. The number of carboxylic acids is 1. The highest BCUT2D eigenvalue weighted by molar-refractivity contribution is 5.87. The number of phenols is 1. The van der Waals surface area contributed by atoms with Crippen LogP contribution in [0, 0.1) is 11.6 Å². The van der Waals surface area contributed by atoms with Crippen LogP contribution in [0.5, 0.6) is 11.5 Å². The first kappa shape index (κ1) is 13.8. The molecule has 0 heterocycles. The van der Waals surface area contributed by atoms with Crippen LogP contribution in [-0.2, 0) is 6.61 Å². The number of phenolic OH excluding ortho intramolecular Hbond substituents is 1. The van der Waals surface area contributed by atoms with Crippen molar-refractivity contribution in [1.82, 2.24) is 0 Å². The molecule has 2 rings (SSSR count). The third-order valence-electron chi connectivity index (χ3n) is 2.54. The van der Waals surface area contributed by atoms with E-state index in [1.165, 1.54) is 12.1 Å². The van der Waals surface area contributed by atoms with Gasteiger partial charge in [0.15, 0.2) is 17.4 Å². The molecule has 2 N–H and O–H groups in total. The molecule has 104 valence electrons. The summed E-state index contributed by atoms with van der Waals surface area (Å²) in [6.07, 6.45) is 0. The second kappa shape index (κ2) is 5.56. The van der Waals surface area contributed by atoms with Crippen molar-refractivity contribution in [2.45, 2.75) is 6.61 Å². The lowest BCUT2D eigenvalue weighted by molar-refractivity contribution is 0.0695. The lowest BCUT2D eigenvalue weighted by Crippen LogP contribution is -2.04. The van der Waals surface area contributed by atoms with Crippen molar-refractivity contribution in [3.63, 3.8) is 0 Å². The highest BCUT2D eigenvalue weighted by Crippen LogP contribution is 2.24. The number of ether oxygens (including phenoxy) is 1. The molecule has 0 atom stereocenters. The minimum atomic E-state index is -1.43. The molecule has 6 heteroatoms. The summed E-state index contributed by atoms with van der Waals surface area (Å²) in [6, 6.07) is 7.38. The highest BCUT2D eigenvalue weighted by Gasteiger charge is 2.16. The van der Waals surface area contributed by atoms with Crippen LogP contribution in [0.2, 0.25) is 0 Å². The van der Waals surface area contributed by atoms with Crippen LogP contribution in [0.3, 0.4) is 0 Å². The fourth-order valence-electron chi connectivity index (χ4n) is 1.62. The van der Waals surface area contributed by atoms with Gasteiger partial charge in [-0.15, -0.1) is 0 Å². The van der Waals surface area contributed by atoms with Crippen LogP contribution < -0.4 is 4.74 Å². The van der Waals surface area contributed by atoms with Crippen molar-refractivity contribution >= 4 is 5.97 Å². The Balaban J connectivity index is 2.20. The lowest BCUT2D eigenvalue weighted by Gasteiger charge is -2.09. The fourth-order valence-corrected chi connectivity index (χ4v) is 1.62. The first-order chi connectivity index (χ1) is 9.47. The number of carboxylic acid groups (broad SMARTS) is 1. The summed E-state index contributed by atoms with van der Waals surface area (Å²) in [5, 5.41) is 17.9. The van der Waals surface area contributed by atoms with Crippen molar-refractivity contribution in [3.8, 4) is 11.5 Å². The van der Waals surface area contributed by atoms with Gasteiger partial charge in [-0.3, -0.25) is 0 Å². The maximum atomic E-state index is 13.6. The molecule has 20 heavy (non-hydrogen) atoms. The Morgan fingerprint density at radius 1 is 1.15 bits per heavy atom. The predicted molar refractivity (Wildman–Crippen MR) is 65.8 cm³/mol. The quantitative estimate of drug-likeness (QED) is 0.903. The summed E-state index contributed by atoms with van der Waals surface area (Å²) in [5.41, 5.74) is 0.0239. The number of carbonyl (C=O) groups is 1. The summed E-state index contributed by atoms with van der Waals surface area (Å²) in [5.74, 6) is -4.26. The zero-order valence-corrected chi connectivity index (χ0v) is 10.1. The van der Waals surface area contributed by atoms with Gasteiger partial charge < -0.3 is 14.9 Å². The van der Waals surface area contributed by atoms with E-state index in [0.29, 0.717) is 17.7 Å². The van der Waals surface area contributed by atoms with E-state index < -0.39 is 28.9 Å². The van der Waals surface area contributed by atoms with E-state index in [-0.39, 0.29) is 12.4 Å². The molecule has 0 aromatic heterocycles. The Morgan fingerprint density at radius 3 is 2.35 bits per heavy atom. The topological polar surface area (TPSA) is 66.8 Å². The van der Waals surface area contributed by atoms with E-state index in [4.69, 9.17) is 9.84 Å². The van der Waals surface area contributed by atoms with Crippen LogP contribution in [0.25, 0.3) is 0 Å². The molecule has 0 amide bonds. The molecule has 0 fully saturated rings. The molecular formula is C14H10F2O4. The van der Waals surface area contributed by atoms with E-state index >= 15 is 0 Å². The van der Waals surface area contributed by atoms with Gasteiger partial charge in [0.05, 0.1) is 5.56 Å². The highest BCUT2D eigenvalue weighted by atomic mass is 19.1. The number of benzene rings is 2. The largest absolute Gasteiger partial charge is 0.508 e. The third kappa shape index (κ3) is 3.03. The summed E-state index contributed by atoms with van der Waals surface area (Å²) >= 11 is 0. The van der Waals surface area contributed by atoms with Crippen molar-refractivity contribution in [2.24, 2.45) is 0 Å². The van der Waals surface area contributed by atoms with Crippen molar-refractivity contribution in [2.75, 3.05) is 0 Å². The van der Waals surface area contributed by atoms with Gasteiger partial charge in [0.25, 0.3) is 0 Å². The lowest BCUT2D eigenvalue weighted by atomic mass is 10.2. The van der Waals surface area contributed by atoms with Crippen LogP contribution in [0.4, 0.5) is 8.78 Å². The molecule has 2 aromatic carbocycles. The van der Waals surface area contributed by atoms with Crippen LogP contribution in [0.15, 0.2) is 36.4 Å². The Morgan fingerprint density at radius 2 is 1.80 bits per heavy atom. The minimum Gasteiger partial charge on any atom is -0.508 e. The van der Waals surface area contributed by atoms with Gasteiger partial charge in [0.1, 0.15) is 12.4 Å². The molecular weight excluding hydrogens is 270 g/mol. The van der Waals surface area contributed by atoms with Gasteiger partial charge in [0.2, 0.25) is 0 Å². The van der Waals surface area contributed by atoms with E-state index in [0.717, 1.165) is 0 Å². The van der Waals surface area contributed by atoms with Gasteiger partial charge in [-0.05, 0) is 29.8 Å². The number of aromatic hydroxyl groups is 1. The monoisotopic (exact) mass is 280 g/mol. The first-order valence-corrected chi connectivity index (χ1v) is 5.60. The Kier molecular flexibility index (Phi) is 3.84. The molecule has 0 aliphatic heterocycles. The zero-order valence-electron chi connectivity index (χ0n) is 10.1. The van der Waals surface area contributed by atoms with Gasteiger partial charge >= 0.3 is 5.97 Å². The number of aromatic carboxylic acids is 1. The zero-order chi connectivity index (χ0) is 14.7. The SMILES string of the molecule is O=C(O)c1cc(F)c(OCc2cccc(O)c2)c(F)c1. The second-order valence-electron chi connectivity index (χ2n) is 4.03. The van der Waals surface area contributed by atoms with Gasteiger partial charge in [0, 0.05) is 0 Å². The van der Waals surface area contributed by atoms with Crippen LogP contribution in [-0.4, -0.2) is 16.2 Å². The molecule has 2 aromatic rings. The smallest absolute Gasteiger partial charge is 0.335 e.